The summed E-state index contributed by atoms with van der Waals surface area (Å²) in [6, 6.07) is 12.1. The lowest BCUT2D eigenvalue weighted by Crippen LogP contribution is -1.95. The van der Waals surface area contributed by atoms with Crippen molar-refractivity contribution >= 4 is 17.3 Å². The number of alkyl halides is 1. The molecule has 2 rings (SSSR count). The monoisotopic (exact) mass is 277 g/mol. The van der Waals surface area contributed by atoms with Gasteiger partial charge in [0.25, 0.3) is 0 Å². The minimum atomic E-state index is -0.469. The topological polar surface area (TPSA) is 52.4 Å². The number of ether oxygens (including phenoxy) is 1. The fourth-order valence-electron chi connectivity index (χ4n) is 1.66. The Labute approximate surface area is 115 Å². The fraction of sp³-hybridized carbons (Fsp3) is 0.143. The second kappa shape index (κ2) is 5.71. The van der Waals surface area contributed by atoms with Gasteiger partial charge in [0, 0.05) is 11.9 Å². The standard InChI is InChI=1S/C14H12ClNO3/c1-10-4-2-3-5-13(10)19-14-7-6-11(9-15)8-12(14)16(17)18/h2-8H,9H2,1H3. The minimum Gasteiger partial charge on any atom is -0.450 e. The number of benzene rings is 2. The molecule has 0 saturated carbocycles. The summed E-state index contributed by atoms with van der Waals surface area (Å²) in [6.07, 6.45) is 0. The summed E-state index contributed by atoms with van der Waals surface area (Å²) in [5.74, 6) is 1.04. The Morgan fingerprint density at radius 3 is 2.58 bits per heavy atom. The first-order chi connectivity index (χ1) is 9.11. The van der Waals surface area contributed by atoms with Crippen LogP contribution in [0.2, 0.25) is 0 Å². The van der Waals surface area contributed by atoms with Crippen LogP contribution in [-0.4, -0.2) is 4.92 Å². The second-order valence-corrected chi connectivity index (χ2v) is 4.33. The number of hydrogen-bond acceptors (Lipinski definition) is 3. The van der Waals surface area contributed by atoms with E-state index in [1.165, 1.54) is 6.07 Å². The van der Waals surface area contributed by atoms with E-state index >= 15 is 0 Å². The van der Waals surface area contributed by atoms with Crippen molar-refractivity contribution in [2.75, 3.05) is 0 Å². The van der Waals surface area contributed by atoms with Gasteiger partial charge < -0.3 is 4.74 Å². The average molecular weight is 278 g/mol. The molecule has 2 aromatic rings. The molecule has 5 heteroatoms. The van der Waals surface area contributed by atoms with Gasteiger partial charge in [-0.1, -0.05) is 24.3 Å². The van der Waals surface area contributed by atoms with E-state index in [4.69, 9.17) is 16.3 Å². The molecule has 0 bridgehead atoms. The summed E-state index contributed by atoms with van der Waals surface area (Å²) in [4.78, 5) is 10.6. The van der Waals surface area contributed by atoms with E-state index in [1.54, 1.807) is 18.2 Å². The maximum atomic E-state index is 11.0. The molecule has 0 unspecified atom stereocenters. The van der Waals surface area contributed by atoms with Crippen molar-refractivity contribution in [3.8, 4) is 11.5 Å². The van der Waals surface area contributed by atoms with Crippen LogP contribution in [0.4, 0.5) is 5.69 Å². The van der Waals surface area contributed by atoms with Crippen LogP contribution in [0, 0.1) is 17.0 Å². The van der Waals surface area contributed by atoms with Crippen molar-refractivity contribution in [3.63, 3.8) is 0 Å². The summed E-state index contributed by atoms with van der Waals surface area (Å²) in [6.45, 7) is 1.88. The highest BCUT2D eigenvalue weighted by Gasteiger charge is 2.17. The Kier molecular flexibility index (Phi) is 4.02. The maximum absolute atomic E-state index is 11.0. The summed E-state index contributed by atoms with van der Waals surface area (Å²) < 4.78 is 5.62. The first kappa shape index (κ1) is 13.4. The fourth-order valence-corrected chi connectivity index (χ4v) is 1.83. The van der Waals surface area contributed by atoms with Crippen LogP contribution >= 0.6 is 11.6 Å². The van der Waals surface area contributed by atoms with Crippen LogP contribution in [0.15, 0.2) is 42.5 Å². The molecule has 98 valence electrons. The van der Waals surface area contributed by atoms with Gasteiger partial charge in [-0.05, 0) is 30.2 Å². The quantitative estimate of drug-likeness (QED) is 0.472. The molecule has 0 aliphatic rings. The molecule has 19 heavy (non-hydrogen) atoms. The van der Waals surface area contributed by atoms with Crippen molar-refractivity contribution in [1.82, 2.24) is 0 Å². The lowest BCUT2D eigenvalue weighted by atomic mass is 10.2. The first-order valence-corrected chi connectivity index (χ1v) is 6.22. The van der Waals surface area contributed by atoms with Gasteiger partial charge in [0.05, 0.1) is 4.92 Å². The average Bonchev–Trinajstić information content (AvgIpc) is 2.41. The van der Waals surface area contributed by atoms with E-state index in [-0.39, 0.29) is 17.3 Å². The Hall–Kier alpha value is -2.07. The Balaban J connectivity index is 2.40. The highest BCUT2D eigenvalue weighted by molar-refractivity contribution is 6.17. The summed E-state index contributed by atoms with van der Waals surface area (Å²) in [5.41, 5.74) is 1.52. The Bertz CT molecular complexity index is 613. The zero-order valence-corrected chi connectivity index (χ0v) is 11.1. The number of para-hydroxylation sites is 1. The van der Waals surface area contributed by atoms with Crippen LogP contribution in [0.25, 0.3) is 0 Å². The molecule has 0 atom stereocenters. The van der Waals surface area contributed by atoms with Crippen molar-refractivity contribution in [1.29, 1.82) is 0 Å². The zero-order chi connectivity index (χ0) is 13.8. The van der Waals surface area contributed by atoms with E-state index in [9.17, 15) is 10.1 Å². The second-order valence-electron chi connectivity index (χ2n) is 4.06. The molecule has 0 N–H and O–H groups in total. The lowest BCUT2D eigenvalue weighted by Gasteiger charge is -2.09. The third-order valence-corrected chi connectivity index (χ3v) is 3.00. The molecule has 0 amide bonds. The predicted molar refractivity (Wildman–Crippen MR) is 73.9 cm³/mol. The molecular formula is C14H12ClNO3. The van der Waals surface area contributed by atoms with E-state index in [0.29, 0.717) is 11.3 Å². The van der Waals surface area contributed by atoms with Crippen LogP contribution in [0.1, 0.15) is 11.1 Å². The molecule has 0 saturated heterocycles. The van der Waals surface area contributed by atoms with E-state index in [2.05, 4.69) is 0 Å². The van der Waals surface area contributed by atoms with Gasteiger partial charge in [0.2, 0.25) is 5.75 Å². The van der Waals surface area contributed by atoms with Crippen molar-refractivity contribution < 1.29 is 9.66 Å². The molecule has 0 aromatic heterocycles. The number of nitro groups is 1. The molecular weight excluding hydrogens is 266 g/mol. The largest absolute Gasteiger partial charge is 0.450 e. The van der Waals surface area contributed by atoms with Crippen molar-refractivity contribution in [3.05, 3.63) is 63.7 Å². The smallest absolute Gasteiger partial charge is 0.311 e. The number of hydrogen-bond donors (Lipinski definition) is 0. The van der Waals surface area contributed by atoms with Gasteiger partial charge in [-0.2, -0.15) is 0 Å². The molecule has 0 spiro atoms. The van der Waals surface area contributed by atoms with E-state index in [0.717, 1.165) is 5.56 Å². The third-order valence-electron chi connectivity index (χ3n) is 2.69. The maximum Gasteiger partial charge on any atom is 0.311 e. The number of nitro benzene ring substituents is 1. The predicted octanol–water partition coefficient (Wildman–Crippen LogP) is 4.43. The number of rotatable bonds is 4. The van der Waals surface area contributed by atoms with E-state index in [1.807, 2.05) is 25.1 Å². The number of halogens is 1. The highest BCUT2D eigenvalue weighted by Crippen LogP contribution is 2.33. The molecule has 0 radical (unpaired) electrons. The normalized spacial score (nSPS) is 10.2. The molecule has 0 aliphatic carbocycles. The molecule has 0 aliphatic heterocycles. The lowest BCUT2D eigenvalue weighted by molar-refractivity contribution is -0.385. The molecule has 2 aromatic carbocycles. The third kappa shape index (κ3) is 3.03. The molecule has 0 heterocycles. The van der Waals surface area contributed by atoms with Crippen LogP contribution < -0.4 is 4.74 Å². The zero-order valence-electron chi connectivity index (χ0n) is 10.3. The SMILES string of the molecule is Cc1ccccc1Oc1ccc(CCl)cc1[N+](=O)[O-]. The van der Waals surface area contributed by atoms with Crippen LogP contribution in [0.3, 0.4) is 0 Å². The minimum absolute atomic E-state index is 0.0820. The number of aryl methyl sites for hydroxylation is 1. The van der Waals surface area contributed by atoms with Gasteiger partial charge in [0.1, 0.15) is 5.75 Å². The highest BCUT2D eigenvalue weighted by atomic mass is 35.5. The molecule has 0 fully saturated rings. The summed E-state index contributed by atoms with van der Waals surface area (Å²) in [7, 11) is 0. The summed E-state index contributed by atoms with van der Waals surface area (Å²) >= 11 is 5.68. The van der Waals surface area contributed by atoms with Crippen LogP contribution in [0.5, 0.6) is 11.5 Å². The van der Waals surface area contributed by atoms with E-state index < -0.39 is 4.92 Å². The Morgan fingerprint density at radius 1 is 1.21 bits per heavy atom. The first-order valence-electron chi connectivity index (χ1n) is 5.68. The van der Waals surface area contributed by atoms with Gasteiger partial charge in [-0.15, -0.1) is 11.6 Å². The number of nitrogens with zero attached hydrogens (tertiary/aromatic N) is 1. The van der Waals surface area contributed by atoms with Gasteiger partial charge in [-0.3, -0.25) is 10.1 Å². The molecule has 4 nitrogen and oxygen atoms in total. The van der Waals surface area contributed by atoms with Gasteiger partial charge in [-0.25, -0.2) is 0 Å². The van der Waals surface area contributed by atoms with Crippen molar-refractivity contribution in [2.24, 2.45) is 0 Å². The van der Waals surface area contributed by atoms with Gasteiger partial charge in [0.15, 0.2) is 0 Å². The van der Waals surface area contributed by atoms with Gasteiger partial charge >= 0.3 is 5.69 Å². The van der Waals surface area contributed by atoms with Crippen LogP contribution in [-0.2, 0) is 5.88 Å². The van der Waals surface area contributed by atoms with Crippen molar-refractivity contribution in [2.45, 2.75) is 12.8 Å². The Morgan fingerprint density at radius 2 is 1.95 bits per heavy atom. The summed E-state index contributed by atoms with van der Waals surface area (Å²) in [5, 5.41) is 11.0.